The highest BCUT2D eigenvalue weighted by molar-refractivity contribution is 9.10. The van der Waals surface area contributed by atoms with E-state index in [1.54, 1.807) is 0 Å². The molecule has 0 saturated carbocycles. The number of halogens is 4. The fourth-order valence-corrected chi connectivity index (χ4v) is 1.86. The van der Waals surface area contributed by atoms with Gasteiger partial charge in [-0.25, -0.2) is 13.8 Å². The summed E-state index contributed by atoms with van der Waals surface area (Å²) in [6.45, 7) is 0. The summed E-state index contributed by atoms with van der Waals surface area (Å²) in [5.74, 6) is -2.44. The third-order valence-electron chi connectivity index (χ3n) is 2.23. The van der Waals surface area contributed by atoms with Gasteiger partial charge in [-0.1, -0.05) is 11.6 Å². The van der Waals surface area contributed by atoms with E-state index in [-0.39, 0.29) is 16.4 Å². The smallest absolute Gasteiger partial charge is 0.258 e. The molecule has 0 spiro atoms. The lowest BCUT2D eigenvalue weighted by Gasteiger charge is -2.07. The molecule has 0 aliphatic carbocycles. The predicted octanol–water partition coefficient (Wildman–Crippen LogP) is 4.03. The quantitative estimate of drug-likeness (QED) is 0.834. The van der Waals surface area contributed by atoms with E-state index in [1.165, 1.54) is 12.3 Å². The number of hydrogen-bond donors (Lipinski definition) is 1. The molecular formula is C12H6BrClF2N2O. The SMILES string of the molecule is O=C(Nc1cc(Br)cnc1Cl)c1ccc(F)cc1F. The van der Waals surface area contributed by atoms with Gasteiger partial charge in [0.2, 0.25) is 0 Å². The zero-order valence-corrected chi connectivity index (χ0v) is 11.6. The van der Waals surface area contributed by atoms with E-state index in [0.29, 0.717) is 10.5 Å². The van der Waals surface area contributed by atoms with Gasteiger partial charge in [-0.3, -0.25) is 4.79 Å². The first-order valence-corrected chi connectivity index (χ1v) is 6.22. The fourth-order valence-electron chi connectivity index (χ4n) is 1.37. The van der Waals surface area contributed by atoms with Gasteiger partial charge >= 0.3 is 0 Å². The first-order chi connectivity index (χ1) is 8.97. The summed E-state index contributed by atoms with van der Waals surface area (Å²) in [5.41, 5.74) is -0.0535. The summed E-state index contributed by atoms with van der Waals surface area (Å²) in [6, 6.07) is 4.21. The lowest BCUT2D eigenvalue weighted by molar-refractivity contribution is 0.102. The monoisotopic (exact) mass is 346 g/mol. The maximum atomic E-state index is 13.4. The summed E-state index contributed by atoms with van der Waals surface area (Å²) in [6.07, 6.45) is 1.45. The summed E-state index contributed by atoms with van der Waals surface area (Å²) in [7, 11) is 0. The maximum absolute atomic E-state index is 13.4. The molecule has 1 amide bonds. The van der Waals surface area contributed by atoms with Crippen molar-refractivity contribution >= 4 is 39.1 Å². The Morgan fingerprint density at radius 1 is 1.32 bits per heavy atom. The van der Waals surface area contributed by atoms with E-state index in [0.717, 1.165) is 12.1 Å². The van der Waals surface area contributed by atoms with E-state index < -0.39 is 17.5 Å². The standard InChI is InChI=1S/C12H6BrClF2N2O/c13-6-3-10(11(14)17-5-6)18-12(19)8-2-1-7(15)4-9(8)16/h1-5H,(H,18,19). The fraction of sp³-hybridized carbons (Fsp3) is 0. The van der Waals surface area contributed by atoms with E-state index in [4.69, 9.17) is 11.6 Å². The van der Waals surface area contributed by atoms with Crippen LogP contribution in [0.15, 0.2) is 34.9 Å². The summed E-state index contributed by atoms with van der Waals surface area (Å²) >= 11 is 8.96. The zero-order valence-electron chi connectivity index (χ0n) is 9.25. The van der Waals surface area contributed by atoms with Crippen LogP contribution in [-0.2, 0) is 0 Å². The Balaban J connectivity index is 2.28. The minimum absolute atomic E-state index is 0.0686. The lowest BCUT2D eigenvalue weighted by atomic mass is 10.2. The number of carbonyl (C=O) groups is 1. The summed E-state index contributed by atoms with van der Waals surface area (Å²) in [4.78, 5) is 15.6. The molecule has 1 aromatic carbocycles. The molecular weight excluding hydrogens is 341 g/mol. The van der Waals surface area contributed by atoms with Crippen molar-refractivity contribution in [2.45, 2.75) is 0 Å². The maximum Gasteiger partial charge on any atom is 0.258 e. The molecule has 19 heavy (non-hydrogen) atoms. The second-order valence-corrected chi connectivity index (χ2v) is 4.84. The van der Waals surface area contributed by atoms with Gasteiger partial charge in [0, 0.05) is 16.7 Å². The number of nitrogens with zero attached hydrogens (tertiary/aromatic N) is 1. The van der Waals surface area contributed by atoms with Crippen LogP contribution in [0.2, 0.25) is 5.15 Å². The highest BCUT2D eigenvalue weighted by Crippen LogP contribution is 2.23. The van der Waals surface area contributed by atoms with Crippen LogP contribution in [0.25, 0.3) is 0 Å². The van der Waals surface area contributed by atoms with Crippen molar-refractivity contribution in [3.63, 3.8) is 0 Å². The van der Waals surface area contributed by atoms with Crippen LogP contribution in [0.4, 0.5) is 14.5 Å². The third kappa shape index (κ3) is 3.27. The van der Waals surface area contributed by atoms with E-state index >= 15 is 0 Å². The zero-order chi connectivity index (χ0) is 14.0. The molecule has 2 rings (SSSR count). The van der Waals surface area contributed by atoms with Gasteiger partial charge < -0.3 is 5.32 Å². The van der Waals surface area contributed by atoms with Crippen LogP contribution in [0.5, 0.6) is 0 Å². The van der Waals surface area contributed by atoms with Crippen LogP contribution in [-0.4, -0.2) is 10.9 Å². The number of hydrogen-bond acceptors (Lipinski definition) is 2. The largest absolute Gasteiger partial charge is 0.319 e. The Bertz CT molecular complexity index is 652. The average molecular weight is 348 g/mol. The van der Waals surface area contributed by atoms with Gasteiger partial charge in [0.15, 0.2) is 5.15 Å². The highest BCUT2D eigenvalue weighted by atomic mass is 79.9. The Labute approximate surface area is 120 Å². The Kier molecular flexibility index (Phi) is 4.11. The van der Waals surface area contributed by atoms with E-state index in [9.17, 15) is 13.6 Å². The van der Waals surface area contributed by atoms with Gasteiger partial charge in [-0.15, -0.1) is 0 Å². The topological polar surface area (TPSA) is 42.0 Å². The molecule has 1 N–H and O–H groups in total. The molecule has 0 atom stereocenters. The van der Waals surface area contributed by atoms with Crippen molar-refractivity contribution in [3.8, 4) is 0 Å². The first kappa shape index (κ1) is 13.9. The Morgan fingerprint density at radius 3 is 2.74 bits per heavy atom. The van der Waals surface area contributed by atoms with Crippen molar-refractivity contribution in [3.05, 3.63) is 57.3 Å². The van der Waals surface area contributed by atoms with Gasteiger partial charge in [0.05, 0.1) is 11.3 Å². The molecule has 98 valence electrons. The van der Waals surface area contributed by atoms with Crippen molar-refractivity contribution in [2.75, 3.05) is 5.32 Å². The number of anilines is 1. The van der Waals surface area contributed by atoms with Gasteiger partial charge in [-0.05, 0) is 34.1 Å². The Morgan fingerprint density at radius 2 is 2.05 bits per heavy atom. The summed E-state index contributed by atoms with van der Waals surface area (Å²) in [5, 5.41) is 2.47. The van der Waals surface area contributed by atoms with Crippen molar-refractivity contribution in [1.82, 2.24) is 4.98 Å². The van der Waals surface area contributed by atoms with Gasteiger partial charge in [0.1, 0.15) is 11.6 Å². The Hall–Kier alpha value is -1.53. The second kappa shape index (κ2) is 5.63. The molecule has 0 fully saturated rings. The van der Waals surface area contributed by atoms with Crippen LogP contribution in [0, 0.1) is 11.6 Å². The molecule has 3 nitrogen and oxygen atoms in total. The van der Waals surface area contributed by atoms with E-state index in [1.807, 2.05) is 0 Å². The molecule has 0 aliphatic rings. The minimum atomic E-state index is -0.948. The van der Waals surface area contributed by atoms with Gasteiger partial charge in [-0.2, -0.15) is 0 Å². The van der Waals surface area contributed by atoms with Crippen LogP contribution >= 0.6 is 27.5 Å². The van der Waals surface area contributed by atoms with Crippen molar-refractivity contribution in [2.24, 2.45) is 0 Å². The van der Waals surface area contributed by atoms with Crippen LogP contribution in [0.3, 0.4) is 0 Å². The van der Waals surface area contributed by atoms with Crippen LogP contribution < -0.4 is 5.32 Å². The number of rotatable bonds is 2. The molecule has 0 unspecified atom stereocenters. The lowest BCUT2D eigenvalue weighted by Crippen LogP contribution is -2.14. The normalized spacial score (nSPS) is 10.3. The molecule has 0 radical (unpaired) electrons. The third-order valence-corrected chi connectivity index (χ3v) is 2.96. The second-order valence-electron chi connectivity index (χ2n) is 3.57. The molecule has 1 heterocycles. The molecule has 0 saturated heterocycles. The van der Waals surface area contributed by atoms with Gasteiger partial charge in [0.25, 0.3) is 5.91 Å². The minimum Gasteiger partial charge on any atom is -0.319 e. The molecule has 1 aromatic heterocycles. The molecule has 7 heteroatoms. The van der Waals surface area contributed by atoms with E-state index in [2.05, 4.69) is 26.2 Å². The van der Waals surface area contributed by atoms with Crippen molar-refractivity contribution in [1.29, 1.82) is 0 Å². The number of carbonyl (C=O) groups excluding carboxylic acids is 1. The number of benzene rings is 1. The summed E-state index contributed by atoms with van der Waals surface area (Å²) < 4.78 is 26.8. The number of nitrogens with one attached hydrogen (secondary N) is 1. The number of aromatic nitrogens is 1. The molecule has 2 aromatic rings. The first-order valence-electron chi connectivity index (χ1n) is 5.05. The number of amides is 1. The number of pyridine rings is 1. The predicted molar refractivity (Wildman–Crippen MR) is 71.3 cm³/mol. The average Bonchev–Trinajstić information content (AvgIpc) is 2.33. The van der Waals surface area contributed by atoms with Crippen molar-refractivity contribution < 1.29 is 13.6 Å². The van der Waals surface area contributed by atoms with Crippen LogP contribution in [0.1, 0.15) is 10.4 Å². The molecule has 0 aliphatic heterocycles. The highest BCUT2D eigenvalue weighted by Gasteiger charge is 2.14. The molecule has 0 bridgehead atoms.